The fourth-order valence-electron chi connectivity index (χ4n) is 3.57. The molecule has 0 bridgehead atoms. The van der Waals surface area contributed by atoms with Gasteiger partial charge in [0.2, 0.25) is 0 Å². The number of carbonyl (C=O) groups excluding carboxylic acids is 1. The van der Waals surface area contributed by atoms with Crippen molar-refractivity contribution in [1.29, 1.82) is 0 Å². The maximum atomic E-state index is 13.2. The third-order valence-electron chi connectivity index (χ3n) is 5.06. The van der Waals surface area contributed by atoms with Crippen LogP contribution < -0.4 is 4.90 Å². The Kier molecular flexibility index (Phi) is 6.83. The molecule has 3 aromatic rings. The van der Waals surface area contributed by atoms with Crippen molar-refractivity contribution < 1.29 is 4.79 Å². The number of hydrogen-bond acceptors (Lipinski definition) is 3. The summed E-state index contributed by atoms with van der Waals surface area (Å²) >= 11 is 6.21. The van der Waals surface area contributed by atoms with Gasteiger partial charge in [0.05, 0.1) is 17.9 Å². The SMILES string of the molecule is CCCN(Cc1c(C)nn(-c2cccc(Cl)c2)c1N(C)C)C(=O)c1ccc(C)cc1. The van der Waals surface area contributed by atoms with Crippen LogP contribution in [0.2, 0.25) is 5.02 Å². The predicted octanol–water partition coefficient (Wildman–Crippen LogP) is 5.26. The summed E-state index contributed by atoms with van der Waals surface area (Å²) in [5, 5.41) is 5.44. The number of amides is 1. The Morgan fingerprint density at radius 3 is 2.40 bits per heavy atom. The number of aromatic nitrogens is 2. The molecule has 5 nitrogen and oxygen atoms in total. The van der Waals surface area contributed by atoms with Gasteiger partial charge in [-0.3, -0.25) is 4.79 Å². The minimum atomic E-state index is 0.0384. The normalized spacial score (nSPS) is 10.9. The molecule has 0 aliphatic rings. The Balaban J connectivity index is 2.00. The van der Waals surface area contributed by atoms with E-state index in [1.165, 1.54) is 0 Å². The highest BCUT2D eigenvalue weighted by Gasteiger charge is 2.23. The maximum Gasteiger partial charge on any atom is 0.254 e. The van der Waals surface area contributed by atoms with E-state index < -0.39 is 0 Å². The summed E-state index contributed by atoms with van der Waals surface area (Å²) in [6.07, 6.45) is 0.885. The third kappa shape index (κ3) is 4.68. The van der Waals surface area contributed by atoms with Crippen LogP contribution in [0.25, 0.3) is 5.69 Å². The minimum absolute atomic E-state index is 0.0384. The van der Waals surface area contributed by atoms with Crippen molar-refractivity contribution in [2.75, 3.05) is 25.5 Å². The van der Waals surface area contributed by atoms with E-state index >= 15 is 0 Å². The quantitative estimate of drug-likeness (QED) is 0.519. The lowest BCUT2D eigenvalue weighted by molar-refractivity contribution is 0.0743. The largest absolute Gasteiger partial charge is 0.362 e. The lowest BCUT2D eigenvalue weighted by atomic mass is 10.1. The number of carbonyl (C=O) groups is 1. The molecule has 0 aliphatic heterocycles. The molecule has 0 saturated carbocycles. The van der Waals surface area contributed by atoms with Gasteiger partial charge in [0.1, 0.15) is 5.82 Å². The second kappa shape index (κ2) is 9.35. The number of halogens is 1. The highest BCUT2D eigenvalue weighted by Crippen LogP contribution is 2.29. The lowest BCUT2D eigenvalue weighted by Crippen LogP contribution is -2.32. The maximum absolute atomic E-state index is 13.2. The van der Waals surface area contributed by atoms with E-state index in [1.807, 2.05) is 91.0 Å². The molecule has 2 aromatic carbocycles. The van der Waals surface area contributed by atoms with E-state index in [0.717, 1.165) is 34.7 Å². The number of rotatable bonds is 7. The molecule has 3 rings (SSSR count). The van der Waals surface area contributed by atoms with Gasteiger partial charge in [0.25, 0.3) is 5.91 Å². The molecule has 6 heteroatoms. The molecule has 0 unspecified atom stereocenters. The van der Waals surface area contributed by atoms with E-state index in [9.17, 15) is 4.79 Å². The Morgan fingerprint density at radius 2 is 1.80 bits per heavy atom. The standard InChI is InChI=1S/C24H29ClN4O/c1-6-14-28(24(30)19-12-10-17(2)11-13-19)16-22-18(3)26-29(23(22)27(4)5)21-9-7-8-20(25)15-21/h7-13,15H,6,14,16H2,1-5H3. The van der Waals surface area contributed by atoms with Crippen molar-refractivity contribution in [2.24, 2.45) is 0 Å². The molecule has 0 fully saturated rings. The van der Waals surface area contributed by atoms with Crippen LogP contribution >= 0.6 is 11.6 Å². The van der Waals surface area contributed by atoms with E-state index in [0.29, 0.717) is 23.7 Å². The first-order valence-corrected chi connectivity index (χ1v) is 10.6. The number of benzene rings is 2. The molecular formula is C24H29ClN4O. The van der Waals surface area contributed by atoms with Gasteiger partial charge in [0, 0.05) is 36.8 Å². The molecule has 30 heavy (non-hydrogen) atoms. The van der Waals surface area contributed by atoms with Crippen molar-refractivity contribution in [3.05, 3.63) is 75.9 Å². The summed E-state index contributed by atoms with van der Waals surface area (Å²) in [5.41, 5.74) is 4.68. The van der Waals surface area contributed by atoms with Crippen molar-refractivity contribution in [3.8, 4) is 5.69 Å². The van der Waals surface area contributed by atoms with Crippen LogP contribution in [0.15, 0.2) is 48.5 Å². The second-order valence-corrected chi connectivity index (χ2v) is 8.20. The molecule has 1 heterocycles. The molecule has 0 radical (unpaired) electrons. The first-order valence-electron chi connectivity index (χ1n) is 10.2. The number of anilines is 1. The summed E-state index contributed by atoms with van der Waals surface area (Å²) in [7, 11) is 3.99. The molecule has 0 saturated heterocycles. The topological polar surface area (TPSA) is 41.4 Å². The Hall–Kier alpha value is -2.79. The van der Waals surface area contributed by atoms with Gasteiger partial charge < -0.3 is 9.80 Å². The lowest BCUT2D eigenvalue weighted by Gasteiger charge is -2.24. The summed E-state index contributed by atoms with van der Waals surface area (Å²) in [6.45, 7) is 7.28. The molecule has 0 spiro atoms. The first kappa shape index (κ1) is 21.9. The van der Waals surface area contributed by atoms with Gasteiger partial charge in [0.15, 0.2) is 0 Å². The molecule has 0 N–H and O–H groups in total. The highest BCUT2D eigenvalue weighted by atomic mass is 35.5. The molecule has 1 amide bonds. The van der Waals surface area contributed by atoms with Gasteiger partial charge in [-0.1, -0.05) is 42.3 Å². The zero-order valence-electron chi connectivity index (χ0n) is 18.3. The van der Waals surface area contributed by atoms with E-state index in [2.05, 4.69) is 6.92 Å². The molecule has 0 atom stereocenters. The second-order valence-electron chi connectivity index (χ2n) is 7.77. The summed E-state index contributed by atoms with van der Waals surface area (Å²) < 4.78 is 1.90. The smallest absolute Gasteiger partial charge is 0.254 e. The Labute approximate surface area is 183 Å². The van der Waals surface area contributed by atoms with E-state index in [1.54, 1.807) is 0 Å². The Morgan fingerprint density at radius 1 is 1.10 bits per heavy atom. The van der Waals surface area contributed by atoms with Crippen molar-refractivity contribution in [2.45, 2.75) is 33.7 Å². The van der Waals surface area contributed by atoms with Gasteiger partial charge in [-0.2, -0.15) is 5.10 Å². The average molecular weight is 425 g/mol. The van der Waals surface area contributed by atoms with Gasteiger partial charge >= 0.3 is 0 Å². The molecule has 0 aliphatic carbocycles. The van der Waals surface area contributed by atoms with Crippen LogP contribution in [0.5, 0.6) is 0 Å². The first-order chi connectivity index (χ1) is 14.3. The fraction of sp³-hybridized carbons (Fsp3) is 0.333. The zero-order valence-corrected chi connectivity index (χ0v) is 19.1. The van der Waals surface area contributed by atoms with Gasteiger partial charge in [-0.15, -0.1) is 0 Å². The van der Waals surface area contributed by atoms with Gasteiger partial charge in [-0.25, -0.2) is 4.68 Å². The summed E-state index contributed by atoms with van der Waals surface area (Å²) in [6, 6.07) is 15.4. The Bertz CT molecular complexity index is 1020. The predicted molar refractivity (Wildman–Crippen MR) is 124 cm³/mol. The zero-order chi connectivity index (χ0) is 21.8. The van der Waals surface area contributed by atoms with Crippen molar-refractivity contribution in [3.63, 3.8) is 0 Å². The van der Waals surface area contributed by atoms with Crippen LogP contribution in [0.3, 0.4) is 0 Å². The van der Waals surface area contributed by atoms with Crippen molar-refractivity contribution in [1.82, 2.24) is 14.7 Å². The molecule has 1 aromatic heterocycles. The van der Waals surface area contributed by atoms with E-state index in [-0.39, 0.29) is 5.91 Å². The van der Waals surface area contributed by atoms with Crippen molar-refractivity contribution >= 4 is 23.3 Å². The van der Waals surface area contributed by atoms with Crippen LogP contribution in [0, 0.1) is 13.8 Å². The number of hydrogen-bond donors (Lipinski definition) is 0. The monoisotopic (exact) mass is 424 g/mol. The summed E-state index contributed by atoms with van der Waals surface area (Å²) in [4.78, 5) is 17.2. The number of aryl methyl sites for hydroxylation is 2. The molecular weight excluding hydrogens is 396 g/mol. The third-order valence-corrected chi connectivity index (χ3v) is 5.30. The van der Waals surface area contributed by atoms with Crippen LogP contribution in [-0.4, -0.2) is 41.2 Å². The summed E-state index contributed by atoms with van der Waals surface area (Å²) in [5.74, 6) is 0.990. The number of nitrogens with zero attached hydrogens (tertiary/aromatic N) is 4. The molecule has 158 valence electrons. The average Bonchev–Trinajstić information content (AvgIpc) is 3.04. The van der Waals surface area contributed by atoms with Crippen LogP contribution in [0.4, 0.5) is 5.82 Å². The van der Waals surface area contributed by atoms with Crippen LogP contribution in [0.1, 0.15) is 40.5 Å². The minimum Gasteiger partial charge on any atom is -0.362 e. The van der Waals surface area contributed by atoms with Crippen LogP contribution in [-0.2, 0) is 6.54 Å². The highest BCUT2D eigenvalue weighted by molar-refractivity contribution is 6.30. The fourth-order valence-corrected chi connectivity index (χ4v) is 3.76. The van der Waals surface area contributed by atoms with E-state index in [4.69, 9.17) is 16.7 Å². The van der Waals surface area contributed by atoms with Gasteiger partial charge in [-0.05, 0) is 50.6 Å².